The number of aromatic nitrogens is 1. The van der Waals surface area contributed by atoms with Crippen LogP contribution in [0.25, 0.3) is 0 Å². The average molecular weight is 275 g/mol. The second-order valence-corrected chi connectivity index (χ2v) is 4.41. The van der Waals surface area contributed by atoms with Crippen LogP contribution in [-0.2, 0) is 12.8 Å². The number of hydrogen-bond donors (Lipinski definition) is 1. The van der Waals surface area contributed by atoms with E-state index in [9.17, 15) is 4.79 Å². The summed E-state index contributed by atoms with van der Waals surface area (Å²) in [5, 5.41) is 9.03. The van der Waals surface area contributed by atoms with Crippen LogP contribution < -0.4 is 4.74 Å². The van der Waals surface area contributed by atoms with Crippen LogP contribution in [0.2, 0.25) is 0 Å². The van der Waals surface area contributed by atoms with Crippen LogP contribution in [0.4, 0.5) is 0 Å². The molecule has 0 atom stereocenters. The van der Waals surface area contributed by atoms with E-state index in [4.69, 9.17) is 14.3 Å². The van der Waals surface area contributed by atoms with E-state index in [2.05, 4.69) is 4.98 Å². The van der Waals surface area contributed by atoms with Crippen LogP contribution in [0.15, 0.2) is 28.7 Å². The molecule has 5 heteroatoms. The molecule has 5 nitrogen and oxygen atoms in total. The number of benzene rings is 1. The molecule has 0 fully saturated rings. The van der Waals surface area contributed by atoms with Gasteiger partial charge in [0.25, 0.3) is 0 Å². The van der Waals surface area contributed by atoms with Crippen molar-refractivity contribution < 1.29 is 19.1 Å². The second kappa shape index (κ2) is 6.23. The van der Waals surface area contributed by atoms with Crippen molar-refractivity contribution in [2.24, 2.45) is 0 Å². The Morgan fingerprint density at radius 3 is 2.75 bits per heavy atom. The molecule has 0 aliphatic heterocycles. The molecule has 2 aromatic rings. The Bertz CT molecular complexity index is 604. The topological polar surface area (TPSA) is 72.6 Å². The summed E-state index contributed by atoms with van der Waals surface area (Å²) in [6.07, 6.45) is 1.29. The molecule has 20 heavy (non-hydrogen) atoms. The van der Waals surface area contributed by atoms with Gasteiger partial charge in [-0.25, -0.2) is 9.78 Å². The minimum absolute atomic E-state index is 0.0141. The van der Waals surface area contributed by atoms with E-state index in [1.165, 1.54) is 11.1 Å². The number of ether oxygens (including phenoxy) is 1. The lowest BCUT2D eigenvalue weighted by molar-refractivity contribution is 0.0683. The van der Waals surface area contributed by atoms with Crippen molar-refractivity contribution in [3.05, 3.63) is 47.0 Å². The molecule has 0 bridgehead atoms. The fourth-order valence-corrected chi connectivity index (χ4v) is 1.95. The molecule has 0 aliphatic carbocycles. The third-order valence-corrected chi connectivity index (χ3v) is 2.99. The summed E-state index contributed by atoms with van der Waals surface area (Å²) >= 11 is 0. The van der Waals surface area contributed by atoms with E-state index in [1.54, 1.807) is 6.92 Å². The van der Waals surface area contributed by atoms with Gasteiger partial charge in [-0.2, -0.15) is 0 Å². The lowest BCUT2D eigenvalue weighted by Crippen LogP contribution is -2.01. The SMILES string of the molecule is CCOc1oc(CCc2ccccc2C)nc1C(=O)O. The highest BCUT2D eigenvalue weighted by atomic mass is 16.6. The highest BCUT2D eigenvalue weighted by Gasteiger charge is 2.20. The lowest BCUT2D eigenvalue weighted by atomic mass is 10.0. The summed E-state index contributed by atoms with van der Waals surface area (Å²) < 4.78 is 10.5. The Balaban J connectivity index is 2.12. The highest BCUT2D eigenvalue weighted by Crippen LogP contribution is 2.21. The molecule has 1 aromatic heterocycles. The first-order valence-electron chi connectivity index (χ1n) is 6.52. The maximum absolute atomic E-state index is 11.0. The summed E-state index contributed by atoms with van der Waals surface area (Å²) in [7, 11) is 0. The molecule has 1 heterocycles. The van der Waals surface area contributed by atoms with Crippen molar-refractivity contribution in [1.29, 1.82) is 0 Å². The van der Waals surface area contributed by atoms with Crippen molar-refractivity contribution >= 4 is 5.97 Å². The molecule has 0 saturated carbocycles. The molecular formula is C15H17NO4. The number of oxazole rings is 1. The number of aryl methyl sites for hydroxylation is 3. The predicted octanol–water partition coefficient (Wildman–Crippen LogP) is 2.87. The first-order valence-corrected chi connectivity index (χ1v) is 6.52. The smallest absolute Gasteiger partial charge is 0.362 e. The first-order chi connectivity index (χ1) is 9.61. The zero-order valence-corrected chi connectivity index (χ0v) is 11.5. The number of nitrogens with zero attached hydrogens (tertiary/aromatic N) is 1. The zero-order chi connectivity index (χ0) is 14.5. The monoisotopic (exact) mass is 275 g/mol. The van der Waals surface area contributed by atoms with Gasteiger partial charge in [0.1, 0.15) is 0 Å². The van der Waals surface area contributed by atoms with E-state index in [0.29, 0.717) is 18.9 Å². The van der Waals surface area contributed by atoms with Crippen molar-refractivity contribution in [1.82, 2.24) is 4.98 Å². The number of hydrogen-bond acceptors (Lipinski definition) is 4. The number of aromatic carboxylic acids is 1. The fraction of sp³-hybridized carbons (Fsp3) is 0.333. The number of carboxylic acids is 1. The van der Waals surface area contributed by atoms with E-state index in [-0.39, 0.29) is 11.6 Å². The molecule has 1 N–H and O–H groups in total. The maximum Gasteiger partial charge on any atom is 0.362 e. The summed E-state index contributed by atoms with van der Waals surface area (Å²) in [4.78, 5) is 15.0. The van der Waals surface area contributed by atoms with Crippen LogP contribution in [0.1, 0.15) is 34.4 Å². The normalized spacial score (nSPS) is 10.5. The van der Waals surface area contributed by atoms with Gasteiger partial charge >= 0.3 is 11.9 Å². The first kappa shape index (κ1) is 14.1. The van der Waals surface area contributed by atoms with Crippen LogP contribution >= 0.6 is 0 Å². The number of rotatable bonds is 6. The molecular weight excluding hydrogens is 258 g/mol. The largest absolute Gasteiger partial charge is 0.476 e. The van der Waals surface area contributed by atoms with Gasteiger partial charge in [0.05, 0.1) is 6.61 Å². The average Bonchev–Trinajstić information content (AvgIpc) is 2.82. The Labute approximate surface area is 117 Å². The zero-order valence-electron chi connectivity index (χ0n) is 11.5. The second-order valence-electron chi connectivity index (χ2n) is 4.41. The minimum atomic E-state index is -1.14. The molecule has 0 aliphatic rings. The molecule has 0 saturated heterocycles. The Hall–Kier alpha value is -2.30. The van der Waals surface area contributed by atoms with Gasteiger partial charge in [-0.05, 0) is 31.4 Å². The molecule has 106 valence electrons. The van der Waals surface area contributed by atoms with Crippen molar-refractivity contribution in [2.75, 3.05) is 6.61 Å². The molecule has 0 spiro atoms. The van der Waals surface area contributed by atoms with Gasteiger partial charge in [-0.3, -0.25) is 0 Å². The fourth-order valence-electron chi connectivity index (χ4n) is 1.95. The minimum Gasteiger partial charge on any atom is -0.476 e. The van der Waals surface area contributed by atoms with Gasteiger partial charge in [-0.15, -0.1) is 0 Å². The number of carboxylic acid groups (broad SMARTS) is 1. The van der Waals surface area contributed by atoms with Crippen LogP contribution in [-0.4, -0.2) is 22.7 Å². The lowest BCUT2D eigenvalue weighted by Gasteiger charge is -2.02. The molecule has 0 amide bonds. The molecule has 2 rings (SSSR count). The van der Waals surface area contributed by atoms with Crippen LogP contribution in [0, 0.1) is 6.92 Å². The van der Waals surface area contributed by atoms with Crippen molar-refractivity contribution in [3.63, 3.8) is 0 Å². The van der Waals surface area contributed by atoms with Gasteiger partial charge in [0, 0.05) is 6.42 Å². The summed E-state index contributed by atoms with van der Waals surface area (Å²) in [5.74, 6) is -0.770. The summed E-state index contributed by atoms with van der Waals surface area (Å²) in [6, 6.07) is 8.05. The third kappa shape index (κ3) is 3.17. The van der Waals surface area contributed by atoms with Gasteiger partial charge in [0.15, 0.2) is 5.89 Å². The summed E-state index contributed by atoms with van der Waals surface area (Å²) in [5.41, 5.74) is 2.23. The predicted molar refractivity (Wildman–Crippen MR) is 73.2 cm³/mol. The molecule has 1 aromatic carbocycles. The number of carbonyl (C=O) groups is 1. The Kier molecular flexibility index (Phi) is 4.40. The van der Waals surface area contributed by atoms with Crippen LogP contribution in [0.5, 0.6) is 5.95 Å². The van der Waals surface area contributed by atoms with Crippen molar-refractivity contribution in [3.8, 4) is 5.95 Å². The quantitative estimate of drug-likeness (QED) is 0.877. The van der Waals surface area contributed by atoms with Gasteiger partial charge in [-0.1, -0.05) is 24.3 Å². The Morgan fingerprint density at radius 2 is 2.10 bits per heavy atom. The molecule has 0 radical (unpaired) electrons. The summed E-state index contributed by atoms with van der Waals surface area (Å²) in [6.45, 7) is 4.15. The standard InChI is InChI=1S/C15H17NO4/c1-3-19-15-13(14(17)18)16-12(20-15)9-8-11-7-5-4-6-10(11)2/h4-7H,3,8-9H2,1-2H3,(H,17,18). The highest BCUT2D eigenvalue weighted by molar-refractivity contribution is 5.87. The van der Waals surface area contributed by atoms with Crippen LogP contribution in [0.3, 0.4) is 0 Å². The van der Waals surface area contributed by atoms with Gasteiger partial charge < -0.3 is 14.3 Å². The van der Waals surface area contributed by atoms with E-state index >= 15 is 0 Å². The Morgan fingerprint density at radius 1 is 1.35 bits per heavy atom. The molecule has 0 unspecified atom stereocenters. The van der Waals surface area contributed by atoms with E-state index in [0.717, 1.165) is 6.42 Å². The third-order valence-electron chi connectivity index (χ3n) is 2.99. The van der Waals surface area contributed by atoms with E-state index < -0.39 is 5.97 Å². The van der Waals surface area contributed by atoms with E-state index in [1.807, 2.05) is 31.2 Å². The van der Waals surface area contributed by atoms with Gasteiger partial charge in [0.2, 0.25) is 5.69 Å². The maximum atomic E-state index is 11.0. The van der Waals surface area contributed by atoms with Crippen molar-refractivity contribution in [2.45, 2.75) is 26.7 Å².